The number of pyridine rings is 1. The zero-order chi connectivity index (χ0) is 26.3. The lowest BCUT2D eigenvalue weighted by Crippen LogP contribution is -2.11. The number of fused-ring (bicyclic) bond motifs is 1. The third kappa shape index (κ3) is 4.24. The van der Waals surface area contributed by atoms with Gasteiger partial charge in [-0.1, -0.05) is 75.4 Å². The largest absolute Gasteiger partial charge is 0.507 e. The molecule has 0 aliphatic rings. The van der Waals surface area contributed by atoms with Gasteiger partial charge in [0.15, 0.2) is 0 Å². The number of aromatic nitrogens is 3. The average molecular weight is 496 g/mol. The van der Waals surface area contributed by atoms with E-state index in [-0.39, 0.29) is 11.2 Å². The Morgan fingerprint density at radius 1 is 0.684 bits per heavy atom. The molecule has 4 aromatic carbocycles. The molecular formula is C34H29N3O. The fourth-order valence-electron chi connectivity index (χ4n) is 4.91. The minimum Gasteiger partial charge on any atom is -0.507 e. The molecule has 2 aromatic heterocycles. The molecule has 0 unspecified atom stereocenters. The van der Waals surface area contributed by atoms with Gasteiger partial charge in [-0.25, -0.2) is 4.98 Å². The van der Waals surface area contributed by atoms with E-state index in [0.717, 1.165) is 39.1 Å². The van der Waals surface area contributed by atoms with E-state index in [0.29, 0.717) is 11.4 Å². The lowest BCUT2D eigenvalue weighted by molar-refractivity contribution is 0.477. The summed E-state index contributed by atoms with van der Waals surface area (Å²) in [6.45, 7) is 6.69. The number of aromatic hydroxyl groups is 1. The van der Waals surface area contributed by atoms with Crippen LogP contribution in [0.3, 0.4) is 0 Å². The molecule has 0 radical (unpaired) electrons. The first-order chi connectivity index (χ1) is 18.4. The highest BCUT2D eigenvalue weighted by molar-refractivity contribution is 5.96. The Kier molecular flexibility index (Phi) is 5.80. The van der Waals surface area contributed by atoms with Gasteiger partial charge in [0.25, 0.3) is 0 Å². The molecule has 0 fully saturated rings. The molecular weight excluding hydrogens is 466 g/mol. The minimum atomic E-state index is -0.0438. The second-order valence-electron chi connectivity index (χ2n) is 10.6. The molecule has 6 aromatic rings. The average Bonchev–Trinajstić information content (AvgIpc) is 3.33. The van der Waals surface area contributed by atoms with Crippen LogP contribution in [0.5, 0.6) is 5.75 Å². The maximum Gasteiger partial charge on any atom is 0.149 e. The van der Waals surface area contributed by atoms with E-state index < -0.39 is 0 Å². The Labute approximate surface area is 222 Å². The van der Waals surface area contributed by atoms with Crippen LogP contribution in [0.2, 0.25) is 0 Å². The van der Waals surface area contributed by atoms with Gasteiger partial charge in [0.1, 0.15) is 11.6 Å². The summed E-state index contributed by atoms with van der Waals surface area (Å²) in [7, 11) is 0. The van der Waals surface area contributed by atoms with Crippen LogP contribution in [-0.2, 0) is 5.41 Å². The van der Waals surface area contributed by atoms with Gasteiger partial charge in [-0.2, -0.15) is 0 Å². The predicted octanol–water partition coefficient (Wildman–Crippen LogP) is 8.42. The second-order valence-corrected chi connectivity index (χ2v) is 10.6. The van der Waals surface area contributed by atoms with Crippen LogP contribution in [-0.4, -0.2) is 19.6 Å². The normalized spacial score (nSPS) is 11.7. The van der Waals surface area contributed by atoms with Crippen LogP contribution in [0.15, 0.2) is 115 Å². The Bertz CT molecular complexity index is 1750. The second kappa shape index (κ2) is 9.31. The van der Waals surface area contributed by atoms with Crippen LogP contribution in [0.4, 0.5) is 0 Å². The SMILES string of the molecule is CC(C)(C)c1cc(-c2ccccn2)cc(-c2cccc3c2nc(-c2ccccc2O)n3-c2ccccc2)c1. The van der Waals surface area contributed by atoms with Gasteiger partial charge in [0.2, 0.25) is 0 Å². The summed E-state index contributed by atoms with van der Waals surface area (Å²) in [5, 5.41) is 10.8. The van der Waals surface area contributed by atoms with E-state index >= 15 is 0 Å². The predicted molar refractivity (Wildman–Crippen MR) is 156 cm³/mol. The van der Waals surface area contributed by atoms with Crippen molar-refractivity contribution in [1.29, 1.82) is 0 Å². The molecule has 186 valence electrons. The molecule has 6 rings (SSSR count). The first-order valence-electron chi connectivity index (χ1n) is 12.8. The Hall–Kier alpha value is -4.70. The van der Waals surface area contributed by atoms with Crippen molar-refractivity contribution in [3.05, 3.63) is 121 Å². The van der Waals surface area contributed by atoms with Crippen molar-refractivity contribution in [2.24, 2.45) is 0 Å². The molecule has 2 heterocycles. The molecule has 0 amide bonds. The smallest absolute Gasteiger partial charge is 0.149 e. The molecule has 1 N–H and O–H groups in total. The number of imidazole rings is 1. The Morgan fingerprint density at radius 3 is 2.13 bits per heavy atom. The van der Waals surface area contributed by atoms with Gasteiger partial charge in [-0.05, 0) is 71.1 Å². The van der Waals surface area contributed by atoms with Crippen LogP contribution < -0.4 is 0 Å². The number of hydrogen-bond donors (Lipinski definition) is 1. The standard InChI is InChI=1S/C34H29N3O/c1-34(2,3)25-21-23(20-24(22-25)29-16-9-10-19-35-29)27-15-11-17-30-32(27)36-33(28-14-7-8-18-31(28)38)37(30)26-12-5-4-6-13-26/h4-22,38H,1-3H3. The molecule has 0 atom stereocenters. The van der Waals surface area contributed by atoms with Crippen molar-refractivity contribution in [1.82, 2.24) is 14.5 Å². The molecule has 4 heteroatoms. The van der Waals surface area contributed by atoms with Crippen LogP contribution in [0.25, 0.3) is 50.5 Å². The highest BCUT2D eigenvalue weighted by atomic mass is 16.3. The zero-order valence-electron chi connectivity index (χ0n) is 21.8. The zero-order valence-corrected chi connectivity index (χ0v) is 21.8. The minimum absolute atomic E-state index is 0.0438. The van der Waals surface area contributed by atoms with Gasteiger partial charge < -0.3 is 5.11 Å². The number of benzene rings is 4. The van der Waals surface area contributed by atoms with Gasteiger partial charge in [0, 0.05) is 23.0 Å². The highest BCUT2D eigenvalue weighted by Crippen LogP contribution is 2.39. The van der Waals surface area contributed by atoms with E-state index in [1.54, 1.807) is 6.07 Å². The van der Waals surface area contributed by atoms with E-state index in [1.807, 2.05) is 60.8 Å². The fraction of sp³-hybridized carbons (Fsp3) is 0.118. The van der Waals surface area contributed by atoms with Crippen molar-refractivity contribution in [3.8, 4) is 45.2 Å². The first-order valence-corrected chi connectivity index (χ1v) is 12.8. The van der Waals surface area contributed by atoms with E-state index in [9.17, 15) is 5.11 Å². The Morgan fingerprint density at radius 2 is 1.39 bits per heavy atom. The van der Waals surface area contributed by atoms with Crippen molar-refractivity contribution >= 4 is 11.0 Å². The van der Waals surface area contributed by atoms with E-state index in [2.05, 4.69) is 78.9 Å². The number of phenolic OH excluding ortho intramolecular Hbond substituents is 1. The molecule has 0 saturated carbocycles. The topological polar surface area (TPSA) is 50.9 Å². The van der Waals surface area contributed by atoms with Crippen molar-refractivity contribution in [2.45, 2.75) is 26.2 Å². The van der Waals surface area contributed by atoms with E-state index in [4.69, 9.17) is 4.98 Å². The summed E-state index contributed by atoms with van der Waals surface area (Å²) in [5.74, 6) is 0.905. The van der Waals surface area contributed by atoms with Crippen LogP contribution >= 0.6 is 0 Å². The van der Waals surface area contributed by atoms with Gasteiger partial charge >= 0.3 is 0 Å². The van der Waals surface area contributed by atoms with Crippen LogP contribution in [0.1, 0.15) is 26.3 Å². The summed E-state index contributed by atoms with van der Waals surface area (Å²) in [6.07, 6.45) is 1.83. The lowest BCUT2D eigenvalue weighted by Gasteiger charge is -2.21. The first kappa shape index (κ1) is 23.7. The molecule has 4 nitrogen and oxygen atoms in total. The molecule has 0 aliphatic carbocycles. The summed E-state index contributed by atoms with van der Waals surface area (Å²) in [4.78, 5) is 9.81. The van der Waals surface area contributed by atoms with Crippen molar-refractivity contribution in [3.63, 3.8) is 0 Å². The number of rotatable bonds is 4. The van der Waals surface area contributed by atoms with Gasteiger partial charge in [-0.15, -0.1) is 0 Å². The van der Waals surface area contributed by atoms with Crippen molar-refractivity contribution in [2.75, 3.05) is 0 Å². The summed E-state index contributed by atoms with van der Waals surface area (Å²) < 4.78 is 2.13. The van der Waals surface area contributed by atoms with Crippen molar-refractivity contribution < 1.29 is 5.11 Å². The fourth-order valence-corrected chi connectivity index (χ4v) is 4.91. The molecule has 38 heavy (non-hydrogen) atoms. The highest BCUT2D eigenvalue weighted by Gasteiger charge is 2.21. The molecule has 0 bridgehead atoms. The molecule has 0 saturated heterocycles. The monoisotopic (exact) mass is 495 g/mol. The van der Waals surface area contributed by atoms with E-state index in [1.165, 1.54) is 5.56 Å². The molecule has 0 spiro atoms. The van der Waals surface area contributed by atoms with Gasteiger partial charge in [0.05, 0.1) is 22.3 Å². The molecule has 0 aliphatic heterocycles. The summed E-state index contributed by atoms with van der Waals surface area (Å²) in [5.41, 5.74) is 8.88. The maximum atomic E-state index is 10.8. The number of phenols is 1. The number of para-hydroxylation sites is 3. The third-order valence-electron chi connectivity index (χ3n) is 6.92. The lowest BCUT2D eigenvalue weighted by atomic mass is 9.83. The number of nitrogens with zero attached hydrogens (tertiary/aromatic N) is 3. The maximum absolute atomic E-state index is 10.8. The quantitative estimate of drug-likeness (QED) is 0.267. The van der Waals surface area contributed by atoms with Crippen LogP contribution in [0, 0.1) is 0 Å². The Balaban J connectivity index is 1.65. The third-order valence-corrected chi connectivity index (χ3v) is 6.92. The summed E-state index contributed by atoms with van der Waals surface area (Å²) >= 11 is 0. The number of hydrogen-bond acceptors (Lipinski definition) is 3. The van der Waals surface area contributed by atoms with Gasteiger partial charge in [-0.3, -0.25) is 9.55 Å². The summed E-state index contributed by atoms with van der Waals surface area (Å²) in [6, 6.07) is 36.6.